The van der Waals surface area contributed by atoms with E-state index >= 15 is 0 Å². The van der Waals surface area contributed by atoms with E-state index in [9.17, 15) is 4.39 Å². The van der Waals surface area contributed by atoms with Gasteiger partial charge in [-0.2, -0.15) is 9.97 Å². The summed E-state index contributed by atoms with van der Waals surface area (Å²) in [6.07, 6.45) is 2.62. The van der Waals surface area contributed by atoms with Gasteiger partial charge in [-0.05, 0) is 11.1 Å². The zero-order chi connectivity index (χ0) is 17.5. The Kier molecular flexibility index (Phi) is 5.31. The lowest BCUT2D eigenvalue weighted by atomic mass is 10.2. The monoisotopic (exact) mass is 336 g/mol. The molecule has 0 spiro atoms. The Morgan fingerprint density at radius 3 is 2.48 bits per heavy atom. The lowest BCUT2D eigenvalue weighted by molar-refractivity contribution is 0.313. The third-order valence-electron chi connectivity index (χ3n) is 3.46. The second-order valence-corrected chi connectivity index (χ2v) is 5.40. The number of nitrogens with zero attached hydrogens (tertiary/aromatic N) is 4. The standard InChI is InChI=1S/C19H17FN4O/c1-24(14-16-10-6-3-7-11-16)18-17(20)13-21-19(23-18)25-22-12-15-8-4-2-5-9-15/h2-13H,14H2,1H3/b22-12+. The first-order valence-corrected chi connectivity index (χ1v) is 7.75. The molecule has 0 unspecified atom stereocenters. The Morgan fingerprint density at radius 1 is 1.08 bits per heavy atom. The highest BCUT2D eigenvalue weighted by molar-refractivity contribution is 5.78. The molecule has 3 rings (SSSR count). The highest BCUT2D eigenvalue weighted by Crippen LogP contribution is 2.19. The SMILES string of the molecule is CN(Cc1ccccc1)c1nc(O/N=C/c2ccccc2)ncc1F. The summed E-state index contributed by atoms with van der Waals surface area (Å²) in [4.78, 5) is 14.8. The van der Waals surface area contributed by atoms with Gasteiger partial charge < -0.3 is 9.74 Å². The van der Waals surface area contributed by atoms with Crippen LogP contribution in [0.4, 0.5) is 10.2 Å². The minimum Gasteiger partial charge on any atom is -0.353 e. The molecule has 0 bridgehead atoms. The summed E-state index contributed by atoms with van der Waals surface area (Å²) in [6, 6.07) is 19.2. The molecule has 3 aromatic rings. The van der Waals surface area contributed by atoms with Crippen LogP contribution < -0.4 is 9.74 Å². The van der Waals surface area contributed by atoms with Crippen LogP contribution in [0.5, 0.6) is 6.01 Å². The van der Waals surface area contributed by atoms with E-state index in [4.69, 9.17) is 4.84 Å². The Morgan fingerprint density at radius 2 is 1.76 bits per heavy atom. The largest absolute Gasteiger partial charge is 0.353 e. The van der Waals surface area contributed by atoms with Crippen molar-refractivity contribution in [2.75, 3.05) is 11.9 Å². The van der Waals surface area contributed by atoms with Crippen molar-refractivity contribution < 1.29 is 9.23 Å². The van der Waals surface area contributed by atoms with Crippen LogP contribution in [0.2, 0.25) is 0 Å². The molecule has 0 saturated heterocycles. The van der Waals surface area contributed by atoms with Gasteiger partial charge in [-0.1, -0.05) is 65.8 Å². The molecule has 0 aliphatic carbocycles. The van der Waals surface area contributed by atoms with E-state index in [2.05, 4.69) is 15.1 Å². The van der Waals surface area contributed by atoms with Crippen molar-refractivity contribution >= 4 is 12.0 Å². The first-order chi connectivity index (χ1) is 12.2. The topological polar surface area (TPSA) is 50.6 Å². The summed E-state index contributed by atoms with van der Waals surface area (Å²) in [5.41, 5.74) is 1.93. The van der Waals surface area contributed by atoms with Crippen molar-refractivity contribution in [1.29, 1.82) is 0 Å². The first-order valence-electron chi connectivity index (χ1n) is 7.75. The fourth-order valence-corrected chi connectivity index (χ4v) is 2.26. The molecule has 0 radical (unpaired) electrons. The van der Waals surface area contributed by atoms with Crippen LogP contribution in [0.15, 0.2) is 72.0 Å². The minimum absolute atomic E-state index is 0.0107. The molecule has 1 aromatic heterocycles. The Balaban J connectivity index is 1.70. The molecule has 0 N–H and O–H groups in total. The first kappa shape index (κ1) is 16.6. The van der Waals surface area contributed by atoms with E-state index in [1.54, 1.807) is 18.2 Å². The molecule has 2 aromatic carbocycles. The zero-order valence-corrected chi connectivity index (χ0v) is 13.7. The summed E-state index contributed by atoms with van der Waals surface area (Å²) in [5.74, 6) is -0.360. The third-order valence-corrected chi connectivity index (χ3v) is 3.46. The van der Waals surface area contributed by atoms with Crippen molar-refractivity contribution in [3.05, 3.63) is 83.8 Å². The maximum absolute atomic E-state index is 14.0. The average Bonchev–Trinajstić information content (AvgIpc) is 2.65. The summed E-state index contributed by atoms with van der Waals surface area (Å²) < 4.78 is 14.0. The lowest BCUT2D eigenvalue weighted by Gasteiger charge is -2.18. The number of oxime groups is 1. The van der Waals surface area contributed by atoms with Gasteiger partial charge in [0.15, 0.2) is 11.6 Å². The second-order valence-electron chi connectivity index (χ2n) is 5.40. The summed E-state index contributed by atoms with van der Waals surface area (Å²) >= 11 is 0. The van der Waals surface area contributed by atoms with Crippen LogP contribution in [-0.2, 0) is 6.54 Å². The molecule has 0 saturated carbocycles. The van der Waals surface area contributed by atoms with Crippen LogP contribution in [0.1, 0.15) is 11.1 Å². The molecule has 1 heterocycles. The second kappa shape index (κ2) is 8.01. The van der Waals surface area contributed by atoms with Gasteiger partial charge in [0.25, 0.3) is 0 Å². The smallest absolute Gasteiger partial charge is 0.347 e. The van der Waals surface area contributed by atoms with Crippen molar-refractivity contribution in [2.45, 2.75) is 6.54 Å². The number of rotatable bonds is 6. The van der Waals surface area contributed by atoms with Crippen molar-refractivity contribution in [3.63, 3.8) is 0 Å². The maximum atomic E-state index is 14.0. The fraction of sp³-hybridized carbons (Fsp3) is 0.105. The maximum Gasteiger partial charge on any atom is 0.347 e. The molecule has 0 aliphatic heterocycles. The summed E-state index contributed by atoms with van der Waals surface area (Å²) in [5, 5.41) is 3.83. The van der Waals surface area contributed by atoms with Crippen molar-refractivity contribution in [3.8, 4) is 6.01 Å². The van der Waals surface area contributed by atoms with Crippen LogP contribution in [0, 0.1) is 5.82 Å². The summed E-state index contributed by atoms with van der Waals surface area (Å²) in [6.45, 7) is 0.515. The van der Waals surface area contributed by atoms with Crippen LogP contribution in [-0.4, -0.2) is 23.2 Å². The van der Waals surface area contributed by atoms with Gasteiger partial charge in [0.05, 0.1) is 12.4 Å². The molecular formula is C19H17FN4O. The number of hydrogen-bond donors (Lipinski definition) is 0. The van der Waals surface area contributed by atoms with E-state index < -0.39 is 5.82 Å². The van der Waals surface area contributed by atoms with Gasteiger partial charge in [-0.25, -0.2) is 4.39 Å². The third kappa shape index (κ3) is 4.60. The highest BCUT2D eigenvalue weighted by atomic mass is 19.1. The quantitative estimate of drug-likeness (QED) is 0.509. The van der Waals surface area contributed by atoms with E-state index in [1.165, 1.54) is 0 Å². The van der Waals surface area contributed by atoms with E-state index in [1.807, 2.05) is 60.7 Å². The number of benzene rings is 2. The number of hydrogen-bond acceptors (Lipinski definition) is 5. The predicted octanol–water partition coefficient (Wildman–Crippen LogP) is 3.67. The normalized spacial score (nSPS) is 10.8. The molecular weight excluding hydrogens is 319 g/mol. The Labute approximate surface area is 145 Å². The lowest BCUT2D eigenvalue weighted by Crippen LogP contribution is -2.19. The van der Waals surface area contributed by atoms with Gasteiger partial charge in [-0.3, -0.25) is 0 Å². The molecule has 126 valence electrons. The highest BCUT2D eigenvalue weighted by Gasteiger charge is 2.13. The van der Waals surface area contributed by atoms with E-state index in [0.29, 0.717) is 6.54 Å². The molecule has 0 atom stereocenters. The van der Waals surface area contributed by atoms with Crippen LogP contribution in [0.25, 0.3) is 0 Å². The number of halogens is 1. The number of aromatic nitrogens is 2. The molecule has 0 aliphatic rings. The van der Waals surface area contributed by atoms with Gasteiger partial charge >= 0.3 is 6.01 Å². The Hall–Kier alpha value is -3.28. The zero-order valence-electron chi connectivity index (χ0n) is 13.7. The fourth-order valence-electron chi connectivity index (χ4n) is 2.26. The molecule has 0 fully saturated rings. The van der Waals surface area contributed by atoms with Gasteiger partial charge in [0.2, 0.25) is 0 Å². The molecule has 6 heteroatoms. The summed E-state index contributed by atoms with van der Waals surface area (Å²) in [7, 11) is 1.76. The molecule has 0 amide bonds. The van der Waals surface area contributed by atoms with Crippen LogP contribution in [0.3, 0.4) is 0 Å². The van der Waals surface area contributed by atoms with Crippen molar-refractivity contribution in [2.24, 2.45) is 5.16 Å². The van der Waals surface area contributed by atoms with Gasteiger partial charge in [0, 0.05) is 13.6 Å². The van der Waals surface area contributed by atoms with E-state index in [-0.39, 0.29) is 11.8 Å². The average molecular weight is 336 g/mol. The number of anilines is 1. The van der Waals surface area contributed by atoms with Gasteiger partial charge in [0.1, 0.15) is 0 Å². The predicted molar refractivity (Wildman–Crippen MR) is 95.2 cm³/mol. The van der Waals surface area contributed by atoms with Gasteiger partial charge in [-0.15, -0.1) is 0 Å². The molecule has 5 nitrogen and oxygen atoms in total. The van der Waals surface area contributed by atoms with Crippen molar-refractivity contribution in [1.82, 2.24) is 9.97 Å². The Bertz CT molecular complexity index is 841. The minimum atomic E-state index is -0.516. The van der Waals surface area contributed by atoms with E-state index in [0.717, 1.165) is 17.3 Å². The molecule has 25 heavy (non-hydrogen) atoms. The van der Waals surface area contributed by atoms with Crippen LogP contribution >= 0.6 is 0 Å².